The van der Waals surface area contributed by atoms with Crippen molar-refractivity contribution in [3.63, 3.8) is 0 Å². The first kappa shape index (κ1) is 17.1. The molecule has 0 aliphatic rings. The number of aliphatic carboxylic acids is 1. The van der Waals surface area contributed by atoms with Crippen LogP contribution in [0, 0.1) is 0 Å². The molecule has 0 saturated carbocycles. The minimum Gasteiger partial charge on any atom is -0.480 e. The molecule has 0 saturated heterocycles. The highest BCUT2D eigenvalue weighted by Crippen LogP contribution is 2.05. The van der Waals surface area contributed by atoms with Crippen molar-refractivity contribution in [1.82, 2.24) is 5.32 Å². The lowest BCUT2D eigenvalue weighted by Gasteiger charge is -2.18. The Labute approximate surface area is 124 Å². The van der Waals surface area contributed by atoms with Gasteiger partial charge >= 0.3 is 5.97 Å². The second kappa shape index (κ2) is 9.10. The summed E-state index contributed by atoms with van der Waals surface area (Å²) in [5.74, 6) is -1.50. The fourth-order valence-electron chi connectivity index (χ4n) is 1.97. The van der Waals surface area contributed by atoms with Crippen molar-refractivity contribution in [3.8, 4) is 0 Å². The molecule has 0 radical (unpaired) electrons. The van der Waals surface area contributed by atoms with E-state index < -0.39 is 24.0 Å². The molecule has 0 aliphatic carbocycles. The van der Waals surface area contributed by atoms with Gasteiger partial charge in [-0.05, 0) is 24.9 Å². The molecule has 1 amide bonds. The molecule has 0 bridgehead atoms. The normalized spacial score (nSPS) is 13.4. The summed E-state index contributed by atoms with van der Waals surface area (Å²) in [6, 6.07) is 7.48. The Morgan fingerprint density at radius 2 is 1.86 bits per heavy atom. The fraction of sp³-hybridized carbons (Fsp3) is 0.467. The van der Waals surface area contributed by atoms with E-state index in [0.29, 0.717) is 13.0 Å². The van der Waals surface area contributed by atoms with Crippen LogP contribution in [0.25, 0.3) is 0 Å². The van der Waals surface area contributed by atoms with E-state index in [1.54, 1.807) is 0 Å². The zero-order valence-electron chi connectivity index (χ0n) is 12.0. The monoisotopic (exact) mass is 293 g/mol. The summed E-state index contributed by atoms with van der Waals surface area (Å²) in [6.07, 6.45) is 2.28. The average Bonchev–Trinajstić information content (AvgIpc) is 2.47. The molecule has 0 aromatic heterocycles. The summed E-state index contributed by atoms with van der Waals surface area (Å²) in [7, 11) is 0. The molecule has 0 spiro atoms. The van der Waals surface area contributed by atoms with Crippen LogP contribution in [-0.2, 0) is 16.0 Å². The Morgan fingerprint density at radius 3 is 2.43 bits per heavy atom. The van der Waals surface area contributed by atoms with Gasteiger partial charge in [0.15, 0.2) is 0 Å². The number of rotatable bonds is 9. The predicted octanol–water partition coefficient (Wildman–Crippen LogP) is 0.255. The Balaban J connectivity index is 2.54. The van der Waals surface area contributed by atoms with Gasteiger partial charge in [0, 0.05) is 6.42 Å². The largest absolute Gasteiger partial charge is 0.480 e. The predicted molar refractivity (Wildman–Crippen MR) is 80.6 cm³/mol. The van der Waals surface area contributed by atoms with Crippen LogP contribution in [0.3, 0.4) is 0 Å². The molecule has 0 fully saturated rings. The molecule has 6 heteroatoms. The lowest BCUT2D eigenvalue weighted by Crippen LogP contribution is -2.49. The van der Waals surface area contributed by atoms with Crippen LogP contribution >= 0.6 is 0 Å². The fourth-order valence-corrected chi connectivity index (χ4v) is 1.97. The number of carbonyl (C=O) groups excluding carboxylic acids is 1. The highest BCUT2D eigenvalue weighted by Gasteiger charge is 2.23. The van der Waals surface area contributed by atoms with Crippen molar-refractivity contribution in [2.24, 2.45) is 11.5 Å². The number of nitrogens with two attached hydrogens (primary N) is 2. The zero-order chi connectivity index (χ0) is 15.7. The van der Waals surface area contributed by atoms with Gasteiger partial charge in [-0.25, -0.2) is 4.79 Å². The maximum absolute atomic E-state index is 11.9. The molecule has 0 heterocycles. The van der Waals surface area contributed by atoms with E-state index in [-0.39, 0.29) is 6.42 Å². The van der Waals surface area contributed by atoms with Crippen molar-refractivity contribution >= 4 is 11.9 Å². The van der Waals surface area contributed by atoms with Crippen LogP contribution in [0.5, 0.6) is 0 Å². The van der Waals surface area contributed by atoms with Gasteiger partial charge < -0.3 is 21.9 Å². The van der Waals surface area contributed by atoms with Crippen molar-refractivity contribution in [1.29, 1.82) is 0 Å². The average molecular weight is 293 g/mol. The first-order valence-electron chi connectivity index (χ1n) is 7.07. The summed E-state index contributed by atoms with van der Waals surface area (Å²) in [6.45, 7) is 0.556. The van der Waals surface area contributed by atoms with Crippen molar-refractivity contribution in [2.45, 2.75) is 37.8 Å². The van der Waals surface area contributed by atoms with Crippen LogP contribution in [0.1, 0.15) is 24.8 Å². The third-order valence-corrected chi connectivity index (χ3v) is 3.20. The Hall–Kier alpha value is -1.92. The first-order valence-corrected chi connectivity index (χ1v) is 7.07. The topological polar surface area (TPSA) is 118 Å². The molecular formula is C15H23N3O3. The van der Waals surface area contributed by atoms with E-state index in [4.69, 9.17) is 11.5 Å². The van der Waals surface area contributed by atoms with E-state index >= 15 is 0 Å². The molecule has 1 aromatic carbocycles. The third kappa shape index (κ3) is 6.37. The van der Waals surface area contributed by atoms with E-state index in [0.717, 1.165) is 18.4 Å². The third-order valence-electron chi connectivity index (χ3n) is 3.20. The SMILES string of the molecule is NCCCC[C@H](N)C(=O)N[C@@H](Cc1ccccc1)C(=O)O. The minimum atomic E-state index is -1.07. The van der Waals surface area contributed by atoms with Gasteiger partial charge in [-0.3, -0.25) is 4.79 Å². The van der Waals surface area contributed by atoms with Crippen LogP contribution in [0.4, 0.5) is 0 Å². The number of hydrogen-bond acceptors (Lipinski definition) is 4. The minimum absolute atomic E-state index is 0.234. The lowest BCUT2D eigenvalue weighted by atomic mass is 10.0. The molecule has 6 N–H and O–H groups in total. The Kier molecular flexibility index (Phi) is 7.42. The molecule has 6 nitrogen and oxygen atoms in total. The van der Waals surface area contributed by atoms with Crippen LogP contribution in [0.2, 0.25) is 0 Å². The molecule has 116 valence electrons. The Morgan fingerprint density at radius 1 is 1.19 bits per heavy atom. The van der Waals surface area contributed by atoms with Crippen molar-refractivity contribution < 1.29 is 14.7 Å². The van der Waals surface area contributed by atoms with Gasteiger partial charge in [-0.15, -0.1) is 0 Å². The van der Waals surface area contributed by atoms with Gasteiger partial charge in [0.1, 0.15) is 6.04 Å². The number of carboxylic acids is 1. The van der Waals surface area contributed by atoms with Gasteiger partial charge in [-0.2, -0.15) is 0 Å². The molecule has 0 aliphatic heterocycles. The summed E-state index contributed by atoms with van der Waals surface area (Å²) < 4.78 is 0. The van der Waals surface area contributed by atoms with Crippen LogP contribution < -0.4 is 16.8 Å². The molecule has 1 aromatic rings. The van der Waals surface area contributed by atoms with Crippen LogP contribution in [-0.4, -0.2) is 35.6 Å². The second-order valence-electron chi connectivity index (χ2n) is 4.98. The van der Waals surface area contributed by atoms with Gasteiger partial charge in [0.25, 0.3) is 0 Å². The van der Waals surface area contributed by atoms with Gasteiger partial charge in [0.2, 0.25) is 5.91 Å². The maximum atomic E-state index is 11.9. The maximum Gasteiger partial charge on any atom is 0.326 e. The number of carbonyl (C=O) groups is 2. The molecule has 1 rings (SSSR count). The van der Waals surface area contributed by atoms with E-state index in [1.807, 2.05) is 30.3 Å². The molecular weight excluding hydrogens is 270 g/mol. The molecule has 2 atom stereocenters. The van der Waals surface area contributed by atoms with Gasteiger partial charge in [-0.1, -0.05) is 36.8 Å². The smallest absolute Gasteiger partial charge is 0.326 e. The quantitative estimate of drug-likeness (QED) is 0.487. The summed E-state index contributed by atoms with van der Waals surface area (Å²) in [4.78, 5) is 23.2. The molecule has 0 unspecified atom stereocenters. The summed E-state index contributed by atoms with van der Waals surface area (Å²) in [5, 5.41) is 11.7. The highest BCUT2D eigenvalue weighted by molar-refractivity contribution is 5.86. The Bertz CT molecular complexity index is 451. The lowest BCUT2D eigenvalue weighted by molar-refractivity contribution is -0.142. The number of benzene rings is 1. The summed E-state index contributed by atoms with van der Waals surface area (Å²) >= 11 is 0. The van der Waals surface area contributed by atoms with Crippen LogP contribution in [0.15, 0.2) is 30.3 Å². The van der Waals surface area contributed by atoms with Crippen molar-refractivity contribution in [2.75, 3.05) is 6.54 Å². The number of carboxylic acid groups (broad SMARTS) is 1. The van der Waals surface area contributed by atoms with Gasteiger partial charge in [0.05, 0.1) is 6.04 Å². The number of unbranched alkanes of at least 4 members (excludes halogenated alkanes) is 1. The van der Waals surface area contributed by atoms with E-state index in [9.17, 15) is 14.7 Å². The number of amides is 1. The second-order valence-corrected chi connectivity index (χ2v) is 4.98. The summed E-state index contributed by atoms with van der Waals surface area (Å²) in [5.41, 5.74) is 12.0. The standard InChI is InChI=1S/C15H23N3O3/c16-9-5-4-8-12(17)14(19)18-13(15(20)21)10-11-6-2-1-3-7-11/h1-3,6-7,12-13H,4-5,8-10,16-17H2,(H,18,19)(H,20,21)/t12-,13-/m0/s1. The van der Waals surface area contributed by atoms with E-state index in [2.05, 4.69) is 5.32 Å². The van der Waals surface area contributed by atoms with Crippen molar-refractivity contribution in [3.05, 3.63) is 35.9 Å². The zero-order valence-corrected chi connectivity index (χ0v) is 12.0. The number of nitrogens with one attached hydrogen (secondary N) is 1. The molecule has 21 heavy (non-hydrogen) atoms. The van der Waals surface area contributed by atoms with E-state index in [1.165, 1.54) is 0 Å². The number of hydrogen-bond donors (Lipinski definition) is 4. The first-order chi connectivity index (χ1) is 10.0. The highest BCUT2D eigenvalue weighted by atomic mass is 16.4.